The van der Waals surface area contributed by atoms with Crippen LogP contribution in [0.1, 0.15) is 47.2 Å². The van der Waals surface area contributed by atoms with E-state index in [4.69, 9.17) is 0 Å². The van der Waals surface area contributed by atoms with Crippen LogP contribution in [0.3, 0.4) is 0 Å². The molecular weight excluding hydrogens is 428 g/mol. The summed E-state index contributed by atoms with van der Waals surface area (Å²) in [5, 5.41) is 2.67. The number of halogens is 2. The first-order chi connectivity index (χ1) is 15.9. The lowest BCUT2D eigenvalue weighted by Crippen LogP contribution is -2.52. The van der Waals surface area contributed by atoms with Crippen molar-refractivity contribution < 1.29 is 23.2 Å². The zero-order valence-electron chi connectivity index (χ0n) is 18.5. The highest BCUT2D eigenvalue weighted by Crippen LogP contribution is 2.27. The third-order valence-electron chi connectivity index (χ3n) is 6.48. The number of hydrogen-bond donors (Lipinski definition) is 1. The molecule has 2 fully saturated rings. The number of benzene rings is 2. The molecule has 0 saturated carbocycles. The minimum atomic E-state index is -0.731. The molecule has 0 aromatic heterocycles. The summed E-state index contributed by atoms with van der Waals surface area (Å²) in [5.74, 6) is -2.18. The molecule has 8 heteroatoms. The van der Waals surface area contributed by atoms with Crippen molar-refractivity contribution in [1.29, 1.82) is 0 Å². The Morgan fingerprint density at radius 3 is 2.39 bits per heavy atom. The van der Waals surface area contributed by atoms with Gasteiger partial charge in [-0.3, -0.25) is 14.4 Å². The van der Waals surface area contributed by atoms with Crippen LogP contribution in [0, 0.1) is 18.6 Å². The lowest BCUT2D eigenvalue weighted by Gasteiger charge is -2.31. The van der Waals surface area contributed by atoms with Gasteiger partial charge in [-0.2, -0.15) is 0 Å². The molecule has 0 unspecified atom stereocenters. The molecule has 2 aromatic rings. The van der Waals surface area contributed by atoms with Crippen molar-refractivity contribution in [3.63, 3.8) is 0 Å². The number of hydrogen-bond acceptors (Lipinski definition) is 3. The molecule has 4 rings (SSSR count). The lowest BCUT2D eigenvalue weighted by molar-refractivity contribution is -0.141. The Kier molecular flexibility index (Phi) is 6.72. The third-order valence-corrected chi connectivity index (χ3v) is 6.48. The zero-order valence-corrected chi connectivity index (χ0v) is 18.5. The van der Waals surface area contributed by atoms with Gasteiger partial charge in [-0.25, -0.2) is 8.78 Å². The van der Waals surface area contributed by atoms with Gasteiger partial charge in [-0.15, -0.1) is 0 Å². The summed E-state index contributed by atoms with van der Waals surface area (Å²) in [4.78, 5) is 42.5. The number of carbonyl (C=O) groups is 3. The van der Waals surface area contributed by atoms with E-state index in [9.17, 15) is 23.2 Å². The first-order valence-electron chi connectivity index (χ1n) is 11.3. The minimum absolute atomic E-state index is 0.0925. The summed E-state index contributed by atoms with van der Waals surface area (Å²) in [5.41, 5.74) is 1.60. The largest absolute Gasteiger partial charge is 0.350 e. The van der Waals surface area contributed by atoms with E-state index < -0.39 is 23.7 Å². The van der Waals surface area contributed by atoms with Crippen LogP contribution in [0.5, 0.6) is 0 Å². The van der Waals surface area contributed by atoms with E-state index >= 15 is 0 Å². The topological polar surface area (TPSA) is 69.7 Å². The Morgan fingerprint density at radius 2 is 1.67 bits per heavy atom. The van der Waals surface area contributed by atoms with E-state index in [2.05, 4.69) is 5.32 Å². The van der Waals surface area contributed by atoms with Crippen LogP contribution in [-0.2, 0) is 16.1 Å². The van der Waals surface area contributed by atoms with E-state index in [0.29, 0.717) is 37.9 Å². The van der Waals surface area contributed by atoms with Crippen molar-refractivity contribution in [3.05, 3.63) is 70.8 Å². The van der Waals surface area contributed by atoms with E-state index in [1.165, 1.54) is 6.07 Å². The van der Waals surface area contributed by atoms with Gasteiger partial charge in [0, 0.05) is 36.8 Å². The Hall–Kier alpha value is -3.29. The van der Waals surface area contributed by atoms with Gasteiger partial charge in [0.25, 0.3) is 5.91 Å². The Labute approximate surface area is 191 Å². The maximum atomic E-state index is 13.9. The van der Waals surface area contributed by atoms with Gasteiger partial charge in [0.1, 0.15) is 23.7 Å². The second kappa shape index (κ2) is 9.68. The molecule has 6 nitrogen and oxygen atoms in total. The van der Waals surface area contributed by atoms with Crippen molar-refractivity contribution in [1.82, 2.24) is 15.1 Å². The molecule has 0 radical (unpaired) electrons. The Balaban J connectivity index is 1.44. The van der Waals surface area contributed by atoms with E-state index in [-0.39, 0.29) is 29.8 Å². The molecule has 1 N–H and O–H groups in total. The fourth-order valence-corrected chi connectivity index (χ4v) is 4.69. The van der Waals surface area contributed by atoms with Gasteiger partial charge < -0.3 is 15.1 Å². The van der Waals surface area contributed by atoms with Crippen molar-refractivity contribution in [2.24, 2.45) is 0 Å². The molecule has 2 aliphatic rings. The average Bonchev–Trinajstić information content (AvgIpc) is 3.48. The van der Waals surface area contributed by atoms with Crippen molar-refractivity contribution in [2.45, 2.75) is 51.2 Å². The first-order valence-corrected chi connectivity index (χ1v) is 11.3. The number of likely N-dealkylation sites (tertiary alicyclic amines) is 2. The van der Waals surface area contributed by atoms with Crippen LogP contribution in [0.4, 0.5) is 8.78 Å². The van der Waals surface area contributed by atoms with Crippen LogP contribution in [0.25, 0.3) is 0 Å². The summed E-state index contributed by atoms with van der Waals surface area (Å²) in [6.07, 6.45) is 2.46. The molecule has 3 amide bonds. The fourth-order valence-electron chi connectivity index (χ4n) is 4.69. The maximum absolute atomic E-state index is 13.9. The summed E-state index contributed by atoms with van der Waals surface area (Å²) in [7, 11) is 0. The molecule has 174 valence electrons. The van der Waals surface area contributed by atoms with Gasteiger partial charge in [0.05, 0.1) is 0 Å². The summed E-state index contributed by atoms with van der Waals surface area (Å²) in [6.45, 7) is 2.71. The van der Waals surface area contributed by atoms with Gasteiger partial charge in [-0.05, 0) is 50.3 Å². The quantitative estimate of drug-likeness (QED) is 0.753. The number of rotatable bonds is 5. The van der Waals surface area contributed by atoms with Crippen LogP contribution in [0.15, 0.2) is 42.5 Å². The predicted molar refractivity (Wildman–Crippen MR) is 118 cm³/mol. The van der Waals surface area contributed by atoms with Crippen LogP contribution in [-0.4, -0.2) is 52.7 Å². The highest BCUT2D eigenvalue weighted by Gasteiger charge is 2.42. The van der Waals surface area contributed by atoms with Crippen LogP contribution < -0.4 is 5.32 Å². The monoisotopic (exact) mass is 455 g/mol. The van der Waals surface area contributed by atoms with Crippen LogP contribution in [0.2, 0.25) is 0 Å². The minimum Gasteiger partial charge on any atom is -0.350 e. The van der Waals surface area contributed by atoms with Crippen molar-refractivity contribution in [3.8, 4) is 0 Å². The predicted octanol–water partition coefficient (Wildman–Crippen LogP) is 3.19. The number of nitrogens with one attached hydrogen (secondary N) is 1. The number of amides is 3. The second-order valence-electron chi connectivity index (χ2n) is 8.61. The molecule has 2 saturated heterocycles. The fraction of sp³-hybridized carbons (Fsp3) is 0.400. The molecule has 0 bridgehead atoms. The van der Waals surface area contributed by atoms with Crippen molar-refractivity contribution in [2.75, 3.05) is 13.1 Å². The third kappa shape index (κ3) is 4.74. The molecule has 2 aliphatic heterocycles. The normalized spacial score (nSPS) is 20.2. The first kappa shape index (κ1) is 22.9. The van der Waals surface area contributed by atoms with E-state index in [1.54, 1.807) is 21.9 Å². The summed E-state index contributed by atoms with van der Waals surface area (Å²) in [6, 6.07) is 9.22. The zero-order chi connectivity index (χ0) is 23.5. The van der Waals surface area contributed by atoms with Gasteiger partial charge in [0.2, 0.25) is 11.8 Å². The summed E-state index contributed by atoms with van der Waals surface area (Å²) < 4.78 is 27.0. The number of carbonyl (C=O) groups excluding carboxylic acids is 3. The van der Waals surface area contributed by atoms with Crippen LogP contribution >= 0.6 is 0 Å². The molecule has 33 heavy (non-hydrogen) atoms. The second-order valence-corrected chi connectivity index (χ2v) is 8.61. The molecule has 2 heterocycles. The molecule has 2 aromatic carbocycles. The Morgan fingerprint density at radius 1 is 0.970 bits per heavy atom. The highest BCUT2D eigenvalue weighted by atomic mass is 19.1. The van der Waals surface area contributed by atoms with Gasteiger partial charge >= 0.3 is 0 Å². The average molecular weight is 456 g/mol. The van der Waals surface area contributed by atoms with Gasteiger partial charge in [0.15, 0.2) is 0 Å². The van der Waals surface area contributed by atoms with E-state index in [1.807, 2.05) is 19.1 Å². The van der Waals surface area contributed by atoms with Gasteiger partial charge in [-0.1, -0.05) is 24.3 Å². The maximum Gasteiger partial charge on any atom is 0.254 e. The Bertz CT molecular complexity index is 1070. The van der Waals surface area contributed by atoms with E-state index in [0.717, 1.165) is 24.1 Å². The lowest BCUT2D eigenvalue weighted by atomic mass is 10.1. The molecule has 2 atom stereocenters. The SMILES string of the molecule is Cc1ccccc1C(=O)N1CCC[C@H]1C(=O)N1CCC[C@H]1C(=O)NCc1ccc(F)cc1F. The van der Waals surface area contributed by atoms with Crippen molar-refractivity contribution >= 4 is 17.7 Å². The summed E-state index contributed by atoms with van der Waals surface area (Å²) >= 11 is 0. The number of nitrogens with zero attached hydrogens (tertiary/aromatic N) is 2. The molecular formula is C25H27F2N3O3. The molecule has 0 spiro atoms. The smallest absolute Gasteiger partial charge is 0.254 e. The highest BCUT2D eigenvalue weighted by molar-refractivity contribution is 5.99. The molecule has 0 aliphatic carbocycles. The number of aryl methyl sites for hydroxylation is 1. The standard InChI is InChI=1S/C25H27F2N3O3/c1-16-6-2-3-7-19(16)24(32)30-13-5-9-22(30)25(33)29-12-4-8-21(29)23(31)28-15-17-10-11-18(26)14-20(17)27/h2-3,6-7,10-11,14,21-22H,4-5,8-9,12-13,15H2,1H3,(H,28,31)/t21-,22-/m0/s1.